The summed E-state index contributed by atoms with van der Waals surface area (Å²) < 4.78 is 0. The van der Waals surface area contributed by atoms with Gasteiger partial charge < -0.3 is 4.90 Å². The Morgan fingerprint density at radius 3 is 1.35 bits per heavy atom. The zero-order valence-corrected chi connectivity index (χ0v) is 25.0. The van der Waals surface area contributed by atoms with Crippen molar-refractivity contribution in [2.45, 2.75) is 0 Å². The molecule has 0 saturated heterocycles. The van der Waals surface area contributed by atoms with Crippen LogP contribution in [0.1, 0.15) is 0 Å². The number of benzene rings is 7. The normalized spacial score (nSPS) is 12.3. The number of nitrogens with zero attached hydrogens (tertiary/aromatic N) is 4. The molecule has 4 heteroatoms. The van der Waals surface area contributed by atoms with Gasteiger partial charge in [0.25, 0.3) is 0 Å². The fourth-order valence-corrected chi connectivity index (χ4v) is 6.66. The average molecular weight is 589 g/mol. The van der Waals surface area contributed by atoms with Gasteiger partial charge in [0.15, 0.2) is 0 Å². The van der Waals surface area contributed by atoms with Crippen LogP contribution in [-0.2, 0) is 0 Å². The van der Waals surface area contributed by atoms with Crippen molar-refractivity contribution in [3.05, 3.63) is 170 Å². The monoisotopic (exact) mass is 588 g/mol. The van der Waals surface area contributed by atoms with E-state index in [4.69, 9.17) is 9.97 Å². The summed E-state index contributed by atoms with van der Waals surface area (Å²) >= 11 is 0. The number of para-hydroxylation sites is 1. The van der Waals surface area contributed by atoms with Gasteiger partial charge in [0, 0.05) is 27.6 Å². The molecule has 0 fully saturated rings. The van der Waals surface area contributed by atoms with Crippen LogP contribution in [0.4, 0.5) is 34.4 Å². The third kappa shape index (κ3) is 4.23. The molecule has 1 aromatic heterocycles. The highest BCUT2D eigenvalue weighted by atomic mass is 15.3. The van der Waals surface area contributed by atoms with Gasteiger partial charge in [-0.3, -0.25) is 4.90 Å². The first-order valence-electron chi connectivity index (χ1n) is 15.5. The first-order valence-corrected chi connectivity index (χ1v) is 15.5. The maximum Gasteiger partial charge on any atom is 0.235 e. The highest BCUT2D eigenvalue weighted by molar-refractivity contribution is 6.16. The molecule has 0 bridgehead atoms. The summed E-state index contributed by atoms with van der Waals surface area (Å²) in [4.78, 5) is 15.3. The molecule has 46 heavy (non-hydrogen) atoms. The van der Waals surface area contributed by atoms with Crippen LogP contribution in [0, 0.1) is 0 Å². The molecule has 1 aliphatic rings. The van der Waals surface area contributed by atoms with Gasteiger partial charge in [0.05, 0.1) is 34.1 Å². The second-order valence-corrected chi connectivity index (χ2v) is 11.5. The second kappa shape index (κ2) is 10.7. The summed E-state index contributed by atoms with van der Waals surface area (Å²) in [5, 5.41) is 4.63. The van der Waals surface area contributed by atoms with E-state index in [1.165, 1.54) is 5.39 Å². The van der Waals surface area contributed by atoms with Gasteiger partial charge in [-0.05, 0) is 41.1 Å². The van der Waals surface area contributed by atoms with Gasteiger partial charge in [-0.1, -0.05) is 140 Å². The van der Waals surface area contributed by atoms with E-state index in [1.807, 2.05) is 12.1 Å². The lowest BCUT2D eigenvalue weighted by Crippen LogP contribution is -2.26. The van der Waals surface area contributed by atoms with Crippen molar-refractivity contribution in [1.29, 1.82) is 0 Å². The third-order valence-electron chi connectivity index (χ3n) is 8.76. The van der Waals surface area contributed by atoms with Crippen molar-refractivity contribution < 1.29 is 0 Å². The van der Waals surface area contributed by atoms with Gasteiger partial charge in [-0.15, -0.1) is 0 Å². The Balaban J connectivity index is 1.41. The highest BCUT2D eigenvalue weighted by Gasteiger charge is 2.35. The van der Waals surface area contributed by atoms with Crippen molar-refractivity contribution in [3.8, 4) is 22.5 Å². The van der Waals surface area contributed by atoms with E-state index in [9.17, 15) is 0 Å². The molecule has 0 atom stereocenters. The third-order valence-corrected chi connectivity index (χ3v) is 8.76. The lowest BCUT2D eigenvalue weighted by Gasteiger charge is -2.40. The van der Waals surface area contributed by atoms with Gasteiger partial charge >= 0.3 is 0 Å². The fourth-order valence-electron chi connectivity index (χ4n) is 6.66. The molecule has 0 spiro atoms. The Bertz CT molecular complexity index is 2310. The van der Waals surface area contributed by atoms with Crippen LogP contribution in [0.2, 0.25) is 0 Å². The summed E-state index contributed by atoms with van der Waals surface area (Å²) in [6, 6.07) is 59.6. The molecule has 216 valence electrons. The van der Waals surface area contributed by atoms with E-state index in [-0.39, 0.29) is 0 Å². The van der Waals surface area contributed by atoms with Crippen molar-refractivity contribution >= 4 is 55.9 Å². The molecule has 0 amide bonds. The number of rotatable bonds is 4. The van der Waals surface area contributed by atoms with Gasteiger partial charge in [-0.25, -0.2) is 9.97 Å². The van der Waals surface area contributed by atoms with E-state index in [1.54, 1.807) is 0 Å². The van der Waals surface area contributed by atoms with Crippen LogP contribution in [0.3, 0.4) is 0 Å². The number of fused-ring (bicyclic) bond motifs is 6. The first kappa shape index (κ1) is 26.2. The standard InChI is InChI=1S/C42H28N4/c1-4-16-31(17-5-1)36-28-37(32-18-6-2-7-19-32)44-42(43-36)46-39-27-25-29-14-10-12-22-34(29)40(39)45(33-20-8-3-9-21-33)38-26-24-30-15-11-13-23-35(30)41(38)46/h1-28H. The van der Waals surface area contributed by atoms with Gasteiger partial charge in [0.1, 0.15) is 0 Å². The largest absolute Gasteiger partial charge is 0.306 e. The Morgan fingerprint density at radius 1 is 0.370 bits per heavy atom. The SMILES string of the molecule is c1ccc(-c2cc(-c3ccccc3)nc(N3c4ccc5ccccc5c4N(c4ccccc4)c4ccc5ccccc5c43)n2)cc1. The molecule has 0 unspecified atom stereocenters. The van der Waals surface area contributed by atoms with Gasteiger partial charge in [0.2, 0.25) is 5.95 Å². The molecule has 7 aromatic carbocycles. The van der Waals surface area contributed by atoms with Crippen LogP contribution in [0.5, 0.6) is 0 Å². The molecule has 8 aromatic rings. The van der Waals surface area contributed by atoms with E-state index in [2.05, 4.69) is 168 Å². The van der Waals surface area contributed by atoms with Crippen LogP contribution < -0.4 is 9.80 Å². The van der Waals surface area contributed by atoms with Crippen LogP contribution in [0.15, 0.2) is 170 Å². The van der Waals surface area contributed by atoms with E-state index < -0.39 is 0 Å². The average Bonchev–Trinajstić information content (AvgIpc) is 3.14. The zero-order chi connectivity index (χ0) is 30.5. The lowest BCUT2D eigenvalue weighted by molar-refractivity contribution is 1.07. The summed E-state index contributed by atoms with van der Waals surface area (Å²) in [6.45, 7) is 0. The van der Waals surface area contributed by atoms with Crippen molar-refractivity contribution in [3.63, 3.8) is 0 Å². The van der Waals surface area contributed by atoms with Crippen LogP contribution in [0.25, 0.3) is 44.1 Å². The molecular weight excluding hydrogens is 560 g/mol. The number of aromatic nitrogens is 2. The molecule has 4 nitrogen and oxygen atoms in total. The summed E-state index contributed by atoms with van der Waals surface area (Å²) in [6.07, 6.45) is 0. The summed E-state index contributed by atoms with van der Waals surface area (Å²) in [5.74, 6) is 0.627. The Hall–Kier alpha value is -6.26. The van der Waals surface area contributed by atoms with Crippen molar-refractivity contribution in [2.24, 2.45) is 0 Å². The number of anilines is 6. The van der Waals surface area contributed by atoms with Crippen LogP contribution in [-0.4, -0.2) is 9.97 Å². The number of hydrogen-bond acceptors (Lipinski definition) is 4. The molecule has 1 aliphatic heterocycles. The Kier molecular flexibility index (Phi) is 6.10. The minimum atomic E-state index is 0.627. The maximum atomic E-state index is 5.33. The zero-order valence-electron chi connectivity index (χ0n) is 25.0. The van der Waals surface area contributed by atoms with E-state index >= 15 is 0 Å². The molecule has 0 radical (unpaired) electrons. The predicted octanol–water partition coefficient (Wildman–Crippen LogP) is 11.4. The minimum Gasteiger partial charge on any atom is -0.306 e. The molecule has 0 N–H and O–H groups in total. The lowest BCUT2D eigenvalue weighted by atomic mass is 9.97. The fraction of sp³-hybridized carbons (Fsp3) is 0. The first-order chi connectivity index (χ1) is 22.8. The molecule has 9 rings (SSSR count). The summed E-state index contributed by atoms with van der Waals surface area (Å²) in [7, 11) is 0. The van der Waals surface area contributed by atoms with E-state index in [0.717, 1.165) is 67.1 Å². The molecular formula is C42H28N4. The van der Waals surface area contributed by atoms with Crippen molar-refractivity contribution in [1.82, 2.24) is 9.97 Å². The molecule has 0 aliphatic carbocycles. The minimum absolute atomic E-state index is 0.627. The molecule has 0 saturated carbocycles. The molecule has 2 heterocycles. The maximum absolute atomic E-state index is 5.33. The second-order valence-electron chi connectivity index (χ2n) is 11.5. The van der Waals surface area contributed by atoms with Crippen LogP contribution >= 0.6 is 0 Å². The Labute approximate surface area is 267 Å². The van der Waals surface area contributed by atoms with Crippen molar-refractivity contribution in [2.75, 3.05) is 9.80 Å². The number of hydrogen-bond donors (Lipinski definition) is 0. The Morgan fingerprint density at radius 2 is 0.804 bits per heavy atom. The van der Waals surface area contributed by atoms with E-state index in [0.29, 0.717) is 5.95 Å². The van der Waals surface area contributed by atoms with Gasteiger partial charge in [-0.2, -0.15) is 0 Å². The predicted molar refractivity (Wildman–Crippen MR) is 191 cm³/mol. The topological polar surface area (TPSA) is 32.3 Å². The summed E-state index contributed by atoms with van der Waals surface area (Å²) in [5.41, 5.74) is 9.18. The quantitative estimate of drug-likeness (QED) is 0.205. The highest BCUT2D eigenvalue weighted by Crippen LogP contribution is 2.57. The smallest absolute Gasteiger partial charge is 0.235 e.